The van der Waals surface area contributed by atoms with Gasteiger partial charge in [-0.05, 0) is 0 Å². The van der Waals surface area contributed by atoms with E-state index in [1.54, 1.807) is 44.6 Å². The second kappa shape index (κ2) is 8.85. The van der Waals surface area contributed by atoms with Gasteiger partial charge in [-0.15, -0.1) is 0 Å². The summed E-state index contributed by atoms with van der Waals surface area (Å²) < 4.78 is 10.4. The van der Waals surface area contributed by atoms with Crippen LogP contribution >= 0.6 is 0 Å². The van der Waals surface area contributed by atoms with E-state index in [0.29, 0.717) is 16.9 Å². The standard InChI is InChI=1S/C20H22GeO4/c1-5-15-16(6-2)18(25-4)12-11-17(15)20(23)21-19(22)13-7-9-14(24-3)10-8-13/h7-12H,5-6H2,1-4H3. The van der Waals surface area contributed by atoms with Crippen LogP contribution in [0.15, 0.2) is 36.4 Å². The summed E-state index contributed by atoms with van der Waals surface area (Å²) in [6, 6.07) is 10.5. The molecule has 2 radical (unpaired) electrons. The van der Waals surface area contributed by atoms with E-state index in [4.69, 9.17) is 9.47 Å². The molecule has 0 aliphatic rings. The normalized spacial score (nSPS) is 10.4. The van der Waals surface area contributed by atoms with Crippen molar-refractivity contribution in [2.45, 2.75) is 26.7 Å². The third-order valence-electron chi connectivity index (χ3n) is 4.14. The van der Waals surface area contributed by atoms with E-state index < -0.39 is 15.4 Å². The molecule has 0 unspecified atom stereocenters. The van der Waals surface area contributed by atoms with E-state index in [2.05, 4.69) is 0 Å². The molecular formula is C20H22GeO4. The molecule has 0 atom stereocenters. The SMILES string of the molecule is CCc1c(OC)ccc([C](=O)[Ge][C](=O)c2ccc(OC)cc2)c1CC. The molecule has 0 fully saturated rings. The fraction of sp³-hybridized carbons (Fsp3) is 0.300. The van der Waals surface area contributed by atoms with Gasteiger partial charge in [0.15, 0.2) is 0 Å². The molecule has 2 aromatic carbocycles. The second-order valence-corrected chi connectivity index (χ2v) is 7.92. The third kappa shape index (κ3) is 4.31. The fourth-order valence-corrected chi connectivity index (χ4v) is 4.71. The van der Waals surface area contributed by atoms with E-state index >= 15 is 0 Å². The summed E-state index contributed by atoms with van der Waals surface area (Å²) in [5.41, 5.74) is 3.29. The molecule has 0 aromatic heterocycles. The Morgan fingerprint density at radius 1 is 0.840 bits per heavy atom. The Kier molecular flexibility index (Phi) is 6.82. The topological polar surface area (TPSA) is 52.6 Å². The Bertz CT molecular complexity index is 766. The summed E-state index contributed by atoms with van der Waals surface area (Å²) in [6.07, 6.45) is 1.53. The van der Waals surface area contributed by atoms with Crippen LogP contribution in [0, 0.1) is 0 Å². The Morgan fingerprint density at radius 2 is 1.48 bits per heavy atom. The molecule has 0 saturated heterocycles. The van der Waals surface area contributed by atoms with E-state index in [-0.39, 0.29) is 9.23 Å². The first kappa shape index (κ1) is 19.3. The van der Waals surface area contributed by atoms with E-state index in [1.807, 2.05) is 19.9 Å². The van der Waals surface area contributed by atoms with Gasteiger partial charge in [0.05, 0.1) is 0 Å². The van der Waals surface area contributed by atoms with Gasteiger partial charge in [0, 0.05) is 0 Å². The Morgan fingerprint density at radius 3 is 2.00 bits per heavy atom. The van der Waals surface area contributed by atoms with Gasteiger partial charge in [-0.25, -0.2) is 0 Å². The molecule has 4 nitrogen and oxygen atoms in total. The first-order valence-electron chi connectivity index (χ1n) is 8.24. The molecule has 25 heavy (non-hydrogen) atoms. The van der Waals surface area contributed by atoms with Gasteiger partial charge in [-0.2, -0.15) is 0 Å². The van der Waals surface area contributed by atoms with Crippen LogP contribution in [0.1, 0.15) is 45.7 Å². The second-order valence-electron chi connectivity index (χ2n) is 5.49. The van der Waals surface area contributed by atoms with Crippen LogP contribution in [0.2, 0.25) is 0 Å². The zero-order valence-electron chi connectivity index (χ0n) is 15.0. The van der Waals surface area contributed by atoms with E-state index in [1.165, 1.54) is 0 Å². The number of rotatable bonds is 8. The molecule has 0 heterocycles. The predicted octanol–water partition coefficient (Wildman–Crippen LogP) is 3.51. The van der Waals surface area contributed by atoms with Crippen molar-refractivity contribution in [3.63, 3.8) is 0 Å². The van der Waals surface area contributed by atoms with Crippen LogP contribution in [0.3, 0.4) is 0 Å². The fourth-order valence-electron chi connectivity index (χ4n) is 2.85. The molecule has 2 rings (SSSR count). The zero-order valence-corrected chi connectivity index (χ0v) is 17.1. The number of hydrogen-bond donors (Lipinski definition) is 0. The first-order valence-corrected chi connectivity index (χ1v) is 10.3. The van der Waals surface area contributed by atoms with Gasteiger partial charge in [-0.1, -0.05) is 0 Å². The molecule has 5 heteroatoms. The average Bonchev–Trinajstić information content (AvgIpc) is 2.66. The maximum atomic E-state index is 12.8. The van der Waals surface area contributed by atoms with Crippen molar-refractivity contribution in [3.8, 4) is 11.5 Å². The molecule has 0 amide bonds. The molecule has 0 aliphatic carbocycles. The molecule has 2 aromatic rings. The van der Waals surface area contributed by atoms with Crippen LogP contribution in [0.25, 0.3) is 0 Å². The summed E-state index contributed by atoms with van der Waals surface area (Å²) >= 11 is -1.44. The van der Waals surface area contributed by atoms with Gasteiger partial charge >= 0.3 is 155 Å². The van der Waals surface area contributed by atoms with Gasteiger partial charge < -0.3 is 0 Å². The van der Waals surface area contributed by atoms with E-state index in [9.17, 15) is 9.59 Å². The molecule has 0 N–H and O–H groups in total. The van der Waals surface area contributed by atoms with Gasteiger partial charge in [0.25, 0.3) is 0 Å². The molecule has 0 saturated carbocycles. The summed E-state index contributed by atoms with van der Waals surface area (Å²) in [6.45, 7) is 4.07. The van der Waals surface area contributed by atoms with E-state index in [0.717, 1.165) is 29.7 Å². The van der Waals surface area contributed by atoms with Crippen LogP contribution in [0.4, 0.5) is 0 Å². The van der Waals surface area contributed by atoms with Crippen molar-refractivity contribution in [1.29, 1.82) is 0 Å². The monoisotopic (exact) mass is 400 g/mol. The summed E-state index contributed by atoms with van der Waals surface area (Å²) in [7, 11) is 3.21. The van der Waals surface area contributed by atoms with Crippen LogP contribution in [-0.4, -0.2) is 38.9 Å². The number of hydrogen-bond acceptors (Lipinski definition) is 4. The first-order chi connectivity index (χ1) is 12.0. The van der Waals surface area contributed by atoms with Gasteiger partial charge in [0.2, 0.25) is 0 Å². The van der Waals surface area contributed by atoms with Crippen molar-refractivity contribution in [3.05, 3.63) is 58.7 Å². The van der Waals surface area contributed by atoms with Crippen molar-refractivity contribution >= 4 is 24.7 Å². The maximum absolute atomic E-state index is 12.8. The van der Waals surface area contributed by atoms with Crippen LogP contribution in [-0.2, 0) is 12.8 Å². The Labute approximate surface area is 155 Å². The predicted molar refractivity (Wildman–Crippen MR) is 99.2 cm³/mol. The Hall–Kier alpha value is -2.08. The number of carbonyl (C=O) groups excluding carboxylic acids is 2. The molecule has 130 valence electrons. The van der Waals surface area contributed by atoms with Crippen LogP contribution < -0.4 is 9.47 Å². The number of benzene rings is 2. The summed E-state index contributed by atoms with van der Waals surface area (Å²) in [4.78, 5) is 25.2. The van der Waals surface area contributed by atoms with Gasteiger partial charge in [-0.3, -0.25) is 0 Å². The molecule has 0 spiro atoms. The minimum absolute atomic E-state index is 0.0324. The van der Waals surface area contributed by atoms with Crippen molar-refractivity contribution in [2.75, 3.05) is 14.2 Å². The summed E-state index contributed by atoms with van der Waals surface area (Å²) in [5.74, 6) is 1.50. The number of methoxy groups -OCH3 is 2. The third-order valence-corrected chi connectivity index (χ3v) is 6.26. The van der Waals surface area contributed by atoms with Gasteiger partial charge in [0.1, 0.15) is 0 Å². The van der Waals surface area contributed by atoms with Crippen LogP contribution in [0.5, 0.6) is 11.5 Å². The molecule has 0 bridgehead atoms. The molecular weight excluding hydrogens is 377 g/mol. The summed E-state index contributed by atoms with van der Waals surface area (Å²) in [5, 5.41) is 0. The Balaban J connectivity index is 2.26. The molecule has 0 aliphatic heterocycles. The van der Waals surface area contributed by atoms with Crippen molar-refractivity contribution in [1.82, 2.24) is 0 Å². The van der Waals surface area contributed by atoms with Crippen molar-refractivity contribution in [2.24, 2.45) is 0 Å². The average molecular weight is 399 g/mol. The minimum atomic E-state index is -1.44. The number of ether oxygens (including phenoxy) is 2. The van der Waals surface area contributed by atoms with Crippen molar-refractivity contribution < 1.29 is 19.1 Å². The quantitative estimate of drug-likeness (QED) is 0.638. The zero-order chi connectivity index (χ0) is 18.4. The number of carbonyl (C=O) groups is 2.